The molecule has 4 nitrogen and oxygen atoms in total. The zero-order valence-electron chi connectivity index (χ0n) is 14.1. The van der Waals surface area contributed by atoms with Gasteiger partial charge < -0.3 is 4.74 Å². The molecule has 0 saturated carbocycles. The van der Waals surface area contributed by atoms with E-state index in [1.54, 1.807) is 11.8 Å². The van der Waals surface area contributed by atoms with E-state index in [2.05, 4.69) is 26.1 Å². The Hall–Kier alpha value is -1.49. The molecule has 0 aliphatic rings. The molecule has 0 heterocycles. The predicted molar refractivity (Wildman–Crippen MR) is 96.1 cm³/mol. The Balaban J connectivity index is 2.81. The largest absolute Gasteiger partial charge is 0.447 e. The summed E-state index contributed by atoms with van der Waals surface area (Å²) >= 11 is 1.74. The Bertz CT molecular complexity index is 498. The van der Waals surface area contributed by atoms with Gasteiger partial charge in [0.15, 0.2) is 0 Å². The quantitative estimate of drug-likeness (QED) is 0.596. The van der Waals surface area contributed by atoms with Crippen molar-refractivity contribution in [2.75, 3.05) is 11.1 Å². The molecule has 1 N–H and O–H groups in total. The van der Waals surface area contributed by atoms with Crippen LogP contribution in [0.25, 0.3) is 0 Å². The molecule has 1 aromatic rings. The third-order valence-corrected chi connectivity index (χ3v) is 3.83. The summed E-state index contributed by atoms with van der Waals surface area (Å²) in [6.07, 6.45) is 0.461. The van der Waals surface area contributed by atoms with Gasteiger partial charge in [0.05, 0.1) is 11.1 Å². The van der Waals surface area contributed by atoms with Gasteiger partial charge in [-0.1, -0.05) is 26.0 Å². The minimum absolute atomic E-state index is 0.130. The van der Waals surface area contributed by atoms with Crippen LogP contribution in [-0.2, 0) is 4.74 Å². The second kappa shape index (κ2) is 9.51. The van der Waals surface area contributed by atoms with Crippen molar-refractivity contribution in [3.8, 4) is 0 Å². The van der Waals surface area contributed by atoms with E-state index in [-0.39, 0.29) is 6.10 Å². The lowest BCUT2D eigenvalue weighted by molar-refractivity contribution is 0.130. The van der Waals surface area contributed by atoms with Crippen LogP contribution in [0.5, 0.6) is 0 Å². The lowest BCUT2D eigenvalue weighted by atomic mass is 10.2. The Labute approximate surface area is 137 Å². The number of benzene rings is 1. The normalized spacial score (nSPS) is 13.1. The van der Waals surface area contributed by atoms with Gasteiger partial charge in [-0.25, -0.2) is 4.79 Å². The molecule has 1 amide bonds. The first-order valence-corrected chi connectivity index (χ1v) is 8.73. The maximum Gasteiger partial charge on any atom is 0.411 e. The zero-order valence-corrected chi connectivity index (χ0v) is 14.9. The van der Waals surface area contributed by atoms with Gasteiger partial charge in [-0.3, -0.25) is 10.3 Å². The molecule has 22 heavy (non-hydrogen) atoms. The molecule has 0 aliphatic heterocycles. The number of nitrogens with zero attached hydrogens (tertiary/aromatic N) is 1. The summed E-state index contributed by atoms with van der Waals surface area (Å²) in [6.45, 7) is 10.0. The van der Waals surface area contributed by atoms with Gasteiger partial charge >= 0.3 is 6.09 Å². The number of thioether (sulfide) groups is 1. The summed E-state index contributed by atoms with van der Waals surface area (Å²) in [5.74, 6) is 0.982. The Morgan fingerprint density at radius 3 is 2.36 bits per heavy atom. The van der Waals surface area contributed by atoms with Crippen LogP contribution in [0.4, 0.5) is 10.5 Å². The second-order valence-electron chi connectivity index (χ2n) is 5.28. The van der Waals surface area contributed by atoms with Crippen molar-refractivity contribution in [2.24, 2.45) is 4.99 Å². The third-order valence-electron chi connectivity index (χ3n) is 2.93. The number of anilines is 1. The first-order chi connectivity index (χ1) is 10.5. The fourth-order valence-electron chi connectivity index (χ4n) is 1.68. The highest BCUT2D eigenvalue weighted by Crippen LogP contribution is 2.18. The van der Waals surface area contributed by atoms with Crippen molar-refractivity contribution in [3.05, 3.63) is 29.8 Å². The molecule has 1 aromatic carbocycles. The van der Waals surface area contributed by atoms with Crippen LogP contribution in [0, 0.1) is 0 Å². The smallest absolute Gasteiger partial charge is 0.411 e. The van der Waals surface area contributed by atoms with E-state index >= 15 is 0 Å². The maximum absolute atomic E-state index is 11.6. The molecule has 1 atom stereocenters. The summed E-state index contributed by atoms with van der Waals surface area (Å²) in [5, 5.41) is 3.76. The molecule has 0 aliphatic carbocycles. The zero-order chi connectivity index (χ0) is 16.5. The summed E-state index contributed by atoms with van der Waals surface area (Å²) in [7, 11) is 0. The van der Waals surface area contributed by atoms with Crippen LogP contribution in [0.15, 0.2) is 29.3 Å². The molecule has 0 aromatic heterocycles. The predicted octanol–water partition coefficient (Wildman–Crippen LogP) is 4.94. The number of carbonyl (C=O) groups excluding carboxylic acids is 1. The highest BCUT2D eigenvalue weighted by molar-refractivity contribution is 8.14. The molecule has 0 saturated heterocycles. The minimum Gasteiger partial charge on any atom is -0.447 e. The van der Waals surface area contributed by atoms with E-state index < -0.39 is 6.09 Å². The topological polar surface area (TPSA) is 50.7 Å². The van der Waals surface area contributed by atoms with Crippen LogP contribution in [0.3, 0.4) is 0 Å². The molecular weight excluding hydrogens is 296 g/mol. The lowest BCUT2D eigenvalue weighted by Gasteiger charge is -2.11. The molecule has 0 fully saturated rings. The molecule has 0 bridgehead atoms. The Kier molecular flexibility index (Phi) is 8.02. The number of hydrogen-bond donors (Lipinski definition) is 1. The van der Waals surface area contributed by atoms with Crippen molar-refractivity contribution in [2.45, 2.75) is 53.2 Å². The fraction of sp³-hybridized carbons (Fsp3) is 0.529. The minimum atomic E-state index is -0.431. The highest BCUT2D eigenvalue weighted by atomic mass is 32.2. The molecule has 122 valence electrons. The molecule has 0 unspecified atom stereocenters. The number of nitrogens with one attached hydrogen (secondary N) is 1. The molecule has 5 heteroatoms. The highest BCUT2D eigenvalue weighted by Gasteiger charge is 2.08. The van der Waals surface area contributed by atoms with Gasteiger partial charge in [-0.05, 0) is 45.1 Å². The van der Waals surface area contributed by atoms with Gasteiger partial charge in [0, 0.05) is 17.3 Å². The first-order valence-electron chi connectivity index (χ1n) is 7.74. The monoisotopic (exact) mass is 322 g/mol. The van der Waals surface area contributed by atoms with Crippen molar-refractivity contribution in [3.63, 3.8) is 0 Å². The van der Waals surface area contributed by atoms with Crippen LogP contribution in [0.1, 0.15) is 46.6 Å². The Morgan fingerprint density at radius 2 is 1.86 bits per heavy atom. The van der Waals surface area contributed by atoms with E-state index in [9.17, 15) is 4.79 Å². The average Bonchev–Trinajstić information content (AvgIpc) is 2.46. The average molecular weight is 322 g/mol. The van der Waals surface area contributed by atoms with Crippen LogP contribution in [0.2, 0.25) is 0 Å². The molecule has 0 radical (unpaired) electrons. The first kappa shape index (κ1) is 18.6. The number of aliphatic imine (C=N–C) groups is 1. The summed E-state index contributed by atoms with van der Waals surface area (Å²) in [6, 6.07) is 8.02. The number of amides is 1. The fourth-order valence-corrected chi connectivity index (χ4v) is 2.51. The number of hydrogen-bond acceptors (Lipinski definition) is 4. The van der Waals surface area contributed by atoms with Gasteiger partial charge in [-0.2, -0.15) is 0 Å². The summed E-state index contributed by atoms with van der Waals surface area (Å²) in [5.41, 5.74) is 1.80. The summed E-state index contributed by atoms with van der Waals surface area (Å²) in [4.78, 5) is 16.3. The molecule has 1 rings (SSSR count). The molecule has 0 spiro atoms. The third kappa shape index (κ3) is 6.52. The summed E-state index contributed by atoms with van der Waals surface area (Å²) < 4.78 is 5.06. The molecular formula is C17H26N2O2S. The van der Waals surface area contributed by atoms with E-state index in [0.29, 0.717) is 6.04 Å². The van der Waals surface area contributed by atoms with Crippen LogP contribution >= 0.6 is 11.8 Å². The van der Waals surface area contributed by atoms with Crippen molar-refractivity contribution >= 4 is 28.6 Å². The standard InChI is InChI=1S/C17H26N2O2S/c1-6-13(5)18-16(22-7-2)14-8-10-15(11-9-14)19-17(20)21-12(3)4/h8-13H,6-7H2,1-5H3,(H,19,20)/b18-16-/t13-/m0/s1. The van der Waals surface area contributed by atoms with Gasteiger partial charge in [0.1, 0.15) is 0 Å². The van der Waals surface area contributed by atoms with Crippen molar-refractivity contribution in [1.82, 2.24) is 0 Å². The van der Waals surface area contributed by atoms with Crippen LogP contribution in [-0.4, -0.2) is 29.0 Å². The van der Waals surface area contributed by atoms with E-state index in [0.717, 1.165) is 28.5 Å². The van der Waals surface area contributed by atoms with E-state index in [1.807, 2.05) is 38.1 Å². The number of rotatable bonds is 6. The lowest BCUT2D eigenvalue weighted by Crippen LogP contribution is -2.17. The van der Waals surface area contributed by atoms with Crippen molar-refractivity contribution < 1.29 is 9.53 Å². The number of carbonyl (C=O) groups is 1. The number of ether oxygens (including phenoxy) is 1. The van der Waals surface area contributed by atoms with Gasteiger partial charge in [0.2, 0.25) is 0 Å². The van der Waals surface area contributed by atoms with Crippen molar-refractivity contribution in [1.29, 1.82) is 0 Å². The van der Waals surface area contributed by atoms with Gasteiger partial charge in [-0.15, -0.1) is 11.8 Å². The second-order valence-corrected chi connectivity index (χ2v) is 6.53. The van der Waals surface area contributed by atoms with E-state index in [1.165, 1.54) is 0 Å². The SMILES string of the molecule is CCS/C(=N\[C@@H](C)CC)c1ccc(NC(=O)OC(C)C)cc1. The van der Waals surface area contributed by atoms with Crippen LogP contribution < -0.4 is 5.32 Å². The Morgan fingerprint density at radius 1 is 1.23 bits per heavy atom. The van der Waals surface area contributed by atoms with E-state index in [4.69, 9.17) is 9.73 Å². The van der Waals surface area contributed by atoms with Gasteiger partial charge in [0.25, 0.3) is 0 Å². The maximum atomic E-state index is 11.6.